The van der Waals surface area contributed by atoms with E-state index in [1.54, 1.807) is 24.3 Å². The summed E-state index contributed by atoms with van der Waals surface area (Å²) < 4.78 is 62.1. The van der Waals surface area contributed by atoms with Gasteiger partial charge in [0.25, 0.3) is 10.1 Å². The molecule has 0 aliphatic carbocycles. The molecule has 0 bridgehead atoms. The summed E-state index contributed by atoms with van der Waals surface area (Å²) in [6, 6.07) is 12.4. The normalized spacial score (nSPS) is 11.8. The molecule has 0 amide bonds. The Morgan fingerprint density at radius 1 is 0.697 bits per heavy atom. The van der Waals surface area contributed by atoms with Crippen molar-refractivity contribution in [2.24, 2.45) is 0 Å². The standard InChI is InChI=1S/2C10H14O3S.4CH4.Na/c2*1-3-8(2)9-4-6-10(7-5-9)14(11,12)13;;;;;/h2*4-8H,3H2,1-2H3,(H,11,12,13);4*1H4;/q;;;;;;+1/p-1. The quantitative estimate of drug-likeness (QED) is 0.459. The van der Waals surface area contributed by atoms with Crippen LogP contribution in [-0.2, 0) is 20.2 Å². The van der Waals surface area contributed by atoms with Crippen molar-refractivity contribution in [3.63, 3.8) is 0 Å². The molecule has 9 heteroatoms. The van der Waals surface area contributed by atoms with Gasteiger partial charge in [-0.3, -0.25) is 4.55 Å². The molecule has 6 nitrogen and oxygen atoms in total. The van der Waals surface area contributed by atoms with Gasteiger partial charge in [-0.05, 0) is 60.1 Å². The zero-order valence-electron chi connectivity index (χ0n) is 17.5. The van der Waals surface area contributed by atoms with Crippen LogP contribution in [0.15, 0.2) is 58.3 Å². The Morgan fingerprint density at radius 3 is 1.18 bits per heavy atom. The van der Waals surface area contributed by atoms with Crippen LogP contribution in [0.25, 0.3) is 0 Å². The Morgan fingerprint density at radius 2 is 0.970 bits per heavy atom. The van der Waals surface area contributed by atoms with Crippen molar-refractivity contribution in [1.29, 1.82) is 0 Å². The van der Waals surface area contributed by atoms with Gasteiger partial charge in [0.15, 0.2) is 0 Å². The third-order valence-corrected chi connectivity index (χ3v) is 6.43. The molecule has 188 valence electrons. The summed E-state index contributed by atoms with van der Waals surface area (Å²) in [5.41, 5.74) is 2.14. The molecule has 2 unspecified atom stereocenters. The van der Waals surface area contributed by atoms with E-state index < -0.39 is 20.2 Å². The van der Waals surface area contributed by atoms with E-state index in [4.69, 9.17) is 4.55 Å². The maximum Gasteiger partial charge on any atom is 1.00 e. The van der Waals surface area contributed by atoms with E-state index in [0.29, 0.717) is 11.8 Å². The number of rotatable bonds is 6. The summed E-state index contributed by atoms with van der Waals surface area (Å²) in [7, 11) is -8.35. The maximum atomic E-state index is 10.7. The van der Waals surface area contributed by atoms with Crippen molar-refractivity contribution in [3.8, 4) is 0 Å². The summed E-state index contributed by atoms with van der Waals surface area (Å²) in [6.45, 7) is 8.26. The first-order valence-corrected chi connectivity index (χ1v) is 11.9. The maximum absolute atomic E-state index is 10.7. The van der Waals surface area contributed by atoms with Crippen LogP contribution in [0.5, 0.6) is 0 Å². The zero-order chi connectivity index (χ0) is 21.5. The van der Waals surface area contributed by atoms with Crippen molar-refractivity contribution in [3.05, 3.63) is 59.7 Å². The van der Waals surface area contributed by atoms with Crippen molar-refractivity contribution in [2.45, 2.75) is 91.9 Å². The van der Waals surface area contributed by atoms with Gasteiger partial charge < -0.3 is 4.55 Å². The molecule has 1 N–H and O–H groups in total. The first kappa shape index (κ1) is 42.4. The Hall–Kier alpha value is -0.740. The molecular formula is C24H43NaO6S2. The molecule has 0 radical (unpaired) electrons. The van der Waals surface area contributed by atoms with Crippen LogP contribution in [0, 0.1) is 0 Å². The molecule has 0 aliphatic rings. The van der Waals surface area contributed by atoms with Crippen molar-refractivity contribution >= 4 is 20.2 Å². The van der Waals surface area contributed by atoms with E-state index in [9.17, 15) is 21.4 Å². The van der Waals surface area contributed by atoms with Gasteiger partial charge in [-0.15, -0.1) is 0 Å². The minimum absolute atomic E-state index is 0. The predicted octanol–water partition coefficient (Wildman–Crippen LogP) is 4.10. The van der Waals surface area contributed by atoms with Gasteiger partial charge in [-0.1, -0.05) is 81.7 Å². The van der Waals surface area contributed by atoms with E-state index in [-0.39, 0.29) is 69.1 Å². The molecular weight excluding hydrogens is 471 g/mol. The van der Waals surface area contributed by atoms with Crippen LogP contribution >= 0.6 is 0 Å². The number of benzene rings is 2. The van der Waals surface area contributed by atoms with Crippen molar-refractivity contribution in [1.82, 2.24) is 0 Å². The minimum Gasteiger partial charge on any atom is -0.744 e. The fourth-order valence-electron chi connectivity index (χ4n) is 2.40. The summed E-state index contributed by atoms with van der Waals surface area (Å²) in [6.07, 6.45) is 1.99. The van der Waals surface area contributed by atoms with Crippen LogP contribution in [0.4, 0.5) is 0 Å². The first-order valence-electron chi connectivity index (χ1n) is 9.03. The Labute approximate surface area is 226 Å². The first-order chi connectivity index (χ1) is 12.9. The second kappa shape index (κ2) is 18.6. The molecule has 0 spiro atoms. The van der Waals surface area contributed by atoms with E-state index in [0.717, 1.165) is 24.0 Å². The second-order valence-electron chi connectivity index (χ2n) is 6.69. The smallest absolute Gasteiger partial charge is 0.744 e. The summed E-state index contributed by atoms with van der Waals surface area (Å²) in [5.74, 6) is 0.795. The van der Waals surface area contributed by atoms with E-state index in [1.165, 1.54) is 24.3 Å². The topological polar surface area (TPSA) is 112 Å². The molecule has 2 aromatic rings. The molecule has 0 aliphatic heterocycles. The van der Waals surface area contributed by atoms with Gasteiger partial charge in [0.05, 0.1) is 9.79 Å². The van der Waals surface area contributed by atoms with Gasteiger partial charge in [0.2, 0.25) is 0 Å². The van der Waals surface area contributed by atoms with Gasteiger partial charge >= 0.3 is 29.6 Å². The third kappa shape index (κ3) is 14.3. The van der Waals surface area contributed by atoms with Crippen LogP contribution in [0.2, 0.25) is 0 Å². The van der Waals surface area contributed by atoms with Gasteiger partial charge in [-0.2, -0.15) is 8.42 Å². The van der Waals surface area contributed by atoms with Crippen molar-refractivity contribution < 1.29 is 55.5 Å². The van der Waals surface area contributed by atoms with Crippen molar-refractivity contribution in [2.75, 3.05) is 0 Å². The van der Waals surface area contributed by atoms with Crippen LogP contribution in [0.3, 0.4) is 0 Å². The van der Waals surface area contributed by atoms with E-state index >= 15 is 0 Å². The van der Waals surface area contributed by atoms with Crippen LogP contribution in [0.1, 0.15) is 93.2 Å². The molecule has 0 saturated carbocycles. The fourth-order valence-corrected chi connectivity index (χ4v) is 3.35. The second-order valence-corrected chi connectivity index (χ2v) is 9.49. The van der Waals surface area contributed by atoms with Gasteiger partial charge in [0.1, 0.15) is 10.1 Å². The molecule has 0 saturated heterocycles. The average molecular weight is 515 g/mol. The molecule has 2 rings (SSSR count). The fraction of sp³-hybridized carbons (Fsp3) is 0.500. The SMILES string of the molecule is C.C.C.C.CCC(C)c1ccc(S(=O)(=O)O)cc1.CCC(C)c1ccc(S(=O)(=O)[O-])cc1.[Na+]. The van der Waals surface area contributed by atoms with Crippen LogP contribution < -0.4 is 29.6 Å². The molecule has 33 heavy (non-hydrogen) atoms. The largest absolute Gasteiger partial charge is 1.00 e. The molecule has 2 atom stereocenters. The van der Waals surface area contributed by atoms with Crippen LogP contribution in [-0.4, -0.2) is 25.9 Å². The summed E-state index contributed by atoms with van der Waals surface area (Å²) in [4.78, 5) is -0.214. The number of hydrogen-bond acceptors (Lipinski definition) is 5. The molecule has 0 fully saturated rings. The Bertz CT molecular complexity index is 874. The van der Waals surface area contributed by atoms with Gasteiger partial charge in [0, 0.05) is 0 Å². The Balaban J connectivity index is -0.000000138. The number of hydrogen-bond donors (Lipinski definition) is 1. The average Bonchev–Trinajstić information content (AvgIpc) is 2.66. The Kier molecular flexibility index (Phi) is 23.9. The molecule has 0 heterocycles. The molecule has 2 aromatic carbocycles. The van der Waals surface area contributed by atoms with E-state index in [2.05, 4.69) is 27.7 Å². The van der Waals surface area contributed by atoms with Gasteiger partial charge in [-0.25, -0.2) is 8.42 Å². The zero-order valence-corrected chi connectivity index (χ0v) is 21.1. The minimum atomic E-state index is -4.30. The molecule has 0 aromatic heterocycles. The summed E-state index contributed by atoms with van der Waals surface area (Å²) >= 11 is 0. The monoisotopic (exact) mass is 514 g/mol. The van der Waals surface area contributed by atoms with E-state index in [1.807, 2.05) is 0 Å². The summed E-state index contributed by atoms with van der Waals surface area (Å²) in [5, 5.41) is 0. The third-order valence-electron chi connectivity index (χ3n) is 4.71. The predicted molar refractivity (Wildman–Crippen MR) is 135 cm³/mol.